The van der Waals surface area contributed by atoms with Crippen LogP contribution in [0.2, 0.25) is 0 Å². The number of hydrogen-bond acceptors (Lipinski definition) is 4. The summed E-state index contributed by atoms with van der Waals surface area (Å²) >= 11 is 0. The highest BCUT2D eigenvalue weighted by Crippen LogP contribution is 1.99. The Hall–Kier alpha value is -1.62. The second-order valence-corrected chi connectivity index (χ2v) is 3.48. The van der Waals surface area contributed by atoms with E-state index in [0.29, 0.717) is 6.04 Å². The summed E-state index contributed by atoms with van der Waals surface area (Å²) in [6, 6.07) is 4.17. The molecule has 0 saturated heterocycles. The van der Waals surface area contributed by atoms with Crippen LogP contribution in [0.15, 0.2) is 35.5 Å². The normalized spacial score (nSPS) is 12.9. The quantitative estimate of drug-likeness (QED) is 0.794. The number of rotatable bonds is 5. The number of nitrogens with zero attached hydrogens (tertiary/aromatic N) is 3. The molecule has 0 amide bonds. The lowest BCUT2D eigenvalue weighted by molar-refractivity contribution is 0.415. The molecule has 80 valence electrons. The SMILES string of the molecule is C[C@@H](Cn1cncn1)NCc1ccco1. The molecular formula is C10H14N4O. The average Bonchev–Trinajstić information content (AvgIpc) is 2.86. The van der Waals surface area contributed by atoms with Crippen molar-refractivity contribution in [1.82, 2.24) is 20.1 Å². The van der Waals surface area contributed by atoms with Crippen molar-refractivity contribution >= 4 is 0 Å². The Morgan fingerprint density at radius 1 is 1.60 bits per heavy atom. The van der Waals surface area contributed by atoms with Gasteiger partial charge in [0.2, 0.25) is 0 Å². The average molecular weight is 206 g/mol. The summed E-state index contributed by atoms with van der Waals surface area (Å²) in [5.41, 5.74) is 0. The van der Waals surface area contributed by atoms with Crippen LogP contribution in [-0.4, -0.2) is 20.8 Å². The molecule has 0 aliphatic carbocycles. The van der Waals surface area contributed by atoms with Crippen LogP contribution < -0.4 is 5.32 Å². The fourth-order valence-electron chi connectivity index (χ4n) is 1.36. The van der Waals surface area contributed by atoms with Gasteiger partial charge in [0.25, 0.3) is 0 Å². The zero-order valence-corrected chi connectivity index (χ0v) is 8.63. The minimum atomic E-state index is 0.330. The molecule has 2 aromatic rings. The molecule has 0 aromatic carbocycles. The monoisotopic (exact) mass is 206 g/mol. The van der Waals surface area contributed by atoms with E-state index in [1.165, 1.54) is 0 Å². The molecule has 5 nitrogen and oxygen atoms in total. The van der Waals surface area contributed by atoms with Crippen molar-refractivity contribution in [3.05, 3.63) is 36.8 Å². The van der Waals surface area contributed by atoms with Gasteiger partial charge >= 0.3 is 0 Å². The molecular weight excluding hydrogens is 192 g/mol. The molecule has 0 saturated carbocycles. The third-order valence-electron chi connectivity index (χ3n) is 2.13. The van der Waals surface area contributed by atoms with Gasteiger partial charge in [0, 0.05) is 6.04 Å². The van der Waals surface area contributed by atoms with E-state index in [0.717, 1.165) is 18.8 Å². The van der Waals surface area contributed by atoms with Gasteiger partial charge in [-0.2, -0.15) is 5.10 Å². The molecule has 5 heteroatoms. The summed E-state index contributed by atoms with van der Waals surface area (Å²) in [5.74, 6) is 0.945. The van der Waals surface area contributed by atoms with Crippen molar-refractivity contribution in [1.29, 1.82) is 0 Å². The summed E-state index contributed by atoms with van der Waals surface area (Å²) < 4.78 is 7.03. The Labute approximate surface area is 88.1 Å². The highest BCUT2D eigenvalue weighted by molar-refractivity contribution is 4.97. The fourth-order valence-corrected chi connectivity index (χ4v) is 1.36. The summed E-state index contributed by atoms with van der Waals surface area (Å²) in [7, 11) is 0. The number of furan rings is 1. The maximum absolute atomic E-state index is 5.22. The molecule has 0 aliphatic rings. The largest absolute Gasteiger partial charge is 0.468 e. The predicted octanol–water partition coefficient (Wildman–Crippen LogP) is 1.05. The molecule has 15 heavy (non-hydrogen) atoms. The van der Waals surface area contributed by atoms with E-state index in [4.69, 9.17) is 4.42 Å². The van der Waals surface area contributed by atoms with Crippen LogP contribution >= 0.6 is 0 Å². The lowest BCUT2D eigenvalue weighted by Crippen LogP contribution is -2.29. The summed E-state index contributed by atoms with van der Waals surface area (Å²) in [6.07, 6.45) is 4.93. The molecule has 2 aromatic heterocycles. The smallest absolute Gasteiger partial charge is 0.137 e. The van der Waals surface area contributed by atoms with E-state index < -0.39 is 0 Å². The first kappa shape index (κ1) is 9.92. The summed E-state index contributed by atoms with van der Waals surface area (Å²) in [4.78, 5) is 3.89. The Morgan fingerprint density at radius 2 is 2.53 bits per heavy atom. The third kappa shape index (κ3) is 2.92. The van der Waals surface area contributed by atoms with Gasteiger partial charge < -0.3 is 9.73 Å². The number of nitrogens with one attached hydrogen (secondary N) is 1. The minimum absolute atomic E-state index is 0.330. The van der Waals surface area contributed by atoms with Crippen LogP contribution in [-0.2, 0) is 13.1 Å². The highest BCUT2D eigenvalue weighted by atomic mass is 16.3. The first-order valence-electron chi connectivity index (χ1n) is 4.93. The maximum Gasteiger partial charge on any atom is 0.137 e. The third-order valence-corrected chi connectivity index (χ3v) is 2.13. The number of hydrogen-bond donors (Lipinski definition) is 1. The van der Waals surface area contributed by atoms with E-state index in [9.17, 15) is 0 Å². The van der Waals surface area contributed by atoms with Crippen molar-refractivity contribution in [2.75, 3.05) is 0 Å². The highest BCUT2D eigenvalue weighted by Gasteiger charge is 2.03. The zero-order valence-electron chi connectivity index (χ0n) is 8.63. The Morgan fingerprint density at radius 3 is 3.20 bits per heavy atom. The van der Waals surface area contributed by atoms with Crippen molar-refractivity contribution in [2.24, 2.45) is 0 Å². The van der Waals surface area contributed by atoms with Crippen LogP contribution in [0.25, 0.3) is 0 Å². The van der Waals surface area contributed by atoms with Gasteiger partial charge in [-0.1, -0.05) is 0 Å². The molecule has 0 fully saturated rings. The minimum Gasteiger partial charge on any atom is -0.468 e. The molecule has 2 heterocycles. The maximum atomic E-state index is 5.22. The van der Waals surface area contributed by atoms with Crippen molar-refractivity contribution in [3.8, 4) is 0 Å². The molecule has 0 radical (unpaired) electrons. The molecule has 0 aliphatic heterocycles. The van der Waals surface area contributed by atoms with Crippen LogP contribution in [0, 0.1) is 0 Å². The Kier molecular flexibility index (Phi) is 3.14. The van der Waals surface area contributed by atoms with E-state index in [-0.39, 0.29) is 0 Å². The van der Waals surface area contributed by atoms with E-state index in [1.54, 1.807) is 23.6 Å². The van der Waals surface area contributed by atoms with Gasteiger partial charge in [0.15, 0.2) is 0 Å². The standard InChI is InChI=1S/C10H14N4O/c1-9(6-14-8-11-7-13-14)12-5-10-3-2-4-15-10/h2-4,7-9,12H,5-6H2,1H3/t9-/m0/s1. The van der Waals surface area contributed by atoms with Gasteiger partial charge in [-0.25, -0.2) is 4.98 Å². The van der Waals surface area contributed by atoms with Crippen molar-refractivity contribution < 1.29 is 4.42 Å². The van der Waals surface area contributed by atoms with Crippen LogP contribution in [0.3, 0.4) is 0 Å². The zero-order chi connectivity index (χ0) is 10.5. The fraction of sp³-hybridized carbons (Fsp3) is 0.400. The summed E-state index contributed by atoms with van der Waals surface area (Å²) in [6.45, 7) is 3.65. The van der Waals surface area contributed by atoms with E-state index in [2.05, 4.69) is 22.3 Å². The van der Waals surface area contributed by atoms with Gasteiger partial charge in [-0.05, 0) is 19.1 Å². The number of aromatic nitrogens is 3. The van der Waals surface area contributed by atoms with Gasteiger partial charge in [-0.3, -0.25) is 4.68 Å². The lowest BCUT2D eigenvalue weighted by atomic mass is 10.3. The van der Waals surface area contributed by atoms with E-state index in [1.807, 2.05) is 12.1 Å². The van der Waals surface area contributed by atoms with Crippen molar-refractivity contribution in [3.63, 3.8) is 0 Å². The van der Waals surface area contributed by atoms with Crippen LogP contribution in [0.5, 0.6) is 0 Å². The topological polar surface area (TPSA) is 55.9 Å². The predicted molar refractivity (Wildman–Crippen MR) is 55.0 cm³/mol. The Balaban J connectivity index is 1.76. The second kappa shape index (κ2) is 4.75. The van der Waals surface area contributed by atoms with Crippen molar-refractivity contribution in [2.45, 2.75) is 26.1 Å². The van der Waals surface area contributed by atoms with Crippen LogP contribution in [0.1, 0.15) is 12.7 Å². The Bertz CT molecular complexity index is 368. The van der Waals surface area contributed by atoms with Gasteiger partial charge in [0.1, 0.15) is 18.4 Å². The lowest BCUT2D eigenvalue weighted by Gasteiger charge is -2.12. The van der Waals surface area contributed by atoms with Crippen LogP contribution in [0.4, 0.5) is 0 Å². The van der Waals surface area contributed by atoms with E-state index >= 15 is 0 Å². The molecule has 2 rings (SSSR count). The molecule has 0 spiro atoms. The van der Waals surface area contributed by atoms with Gasteiger partial charge in [0.05, 0.1) is 19.4 Å². The molecule has 0 unspecified atom stereocenters. The first-order valence-corrected chi connectivity index (χ1v) is 4.93. The van der Waals surface area contributed by atoms with Gasteiger partial charge in [-0.15, -0.1) is 0 Å². The molecule has 0 bridgehead atoms. The molecule has 1 atom stereocenters. The molecule has 1 N–H and O–H groups in total. The summed E-state index contributed by atoms with van der Waals surface area (Å²) in [5, 5.41) is 7.38. The second-order valence-electron chi connectivity index (χ2n) is 3.48. The first-order chi connectivity index (χ1) is 7.34.